The van der Waals surface area contributed by atoms with Crippen molar-refractivity contribution >= 4 is 29.1 Å². The highest BCUT2D eigenvalue weighted by atomic mass is 16.6. The summed E-state index contributed by atoms with van der Waals surface area (Å²) in [6.45, 7) is 0. The Morgan fingerprint density at radius 1 is 1.32 bits per heavy atom. The van der Waals surface area contributed by atoms with Crippen LogP contribution >= 0.6 is 0 Å². The maximum Gasteiger partial charge on any atom is 0.427 e. The van der Waals surface area contributed by atoms with Gasteiger partial charge in [0.05, 0.1) is 17.7 Å². The van der Waals surface area contributed by atoms with Gasteiger partial charge in [-0.25, -0.2) is 10.2 Å². The predicted molar refractivity (Wildman–Crippen MR) is 98.8 cm³/mol. The number of hydrogen-bond acceptors (Lipinski definition) is 7. The molecule has 1 heterocycles. The summed E-state index contributed by atoms with van der Waals surface area (Å²) >= 11 is 0. The van der Waals surface area contributed by atoms with Crippen LogP contribution in [0.1, 0.15) is 17.5 Å². The lowest BCUT2D eigenvalue weighted by Gasteiger charge is -2.22. The van der Waals surface area contributed by atoms with Gasteiger partial charge in [0.2, 0.25) is 0 Å². The second kappa shape index (κ2) is 7.45. The molecule has 1 unspecified atom stereocenters. The summed E-state index contributed by atoms with van der Waals surface area (Å²) in [5, 5.41) is 28.7. The average Bonchev–Trinajstić information content (AvgIpc) is 2.95. The Morgan fingerprint density at radius 2 is 2.04 bits per heavy atom. The smallest absolute Gasteiger partial charge is 0.427 e. The van der Waals surface area contributed by atoms with Crippen LogP contribution < -0.4 is 10.7 Å². The number of rotatable bonds is 5. The number of hydrazone groups is 1. The highest BCUT2D eigenvalue weighted by molar-refractivity contribution is 6.11. The number of anilines is 1. The van der Waals surface area contributed by atoms with E-state index >= 15 is 0 Å². The van der Waals surface area contributed by atoms with Crippen LogP contribution in [0.3, 0.4) is 0 Å². The van der Waals surface area contributed by atoms with E-state index in [2.05, 4.69) is 20.6 Å². The van der Waals surface area contributed by atoms with Crippen LogP contribution in [-0.4, -0.2) is 34.9 Å². The first-order chi connectivity index (χ1) is 13.3. The molecule has 1 atom stereocenters. The van der Waals surface area contributed by atoms with Gasteiger partial charge in [0, 0.05) is 29.8 Å². The summed E-state index contributed by atoms with van der Waals surface area (Å²) in [6.07, 6.45) is -1.16. The van der Waals surface area contributed by atoms with Gasteiger partial charge in [-0.15, -0.1) is 0 Å². The Bertz CT molecular complexity index is 975. The number of fused-ring (bicyclic) bond motifs is 1. The maximum absolute atomic E-state index is 12.5. The predicted octanol–water partition coefficient (Wildman–Crippen LogP) is 1.88. The Morgan fingerprint density at radius 3 is 2.68 bits per heavy atom. The molecular formula is C18H16N4O6. The topological polar surface area (TPSA) is 143 Å². The van der Waals surface area contributed by atoms with Crippen LogP contribution in [0.4, 0.5) is 16.2 Å². The molecule has 2 amide bonds. The zero-order valence-electron chi connectivity index (χ0n) is 14.7. The van der Waals surface area contributed by atoms with Gasteiger partial charge in [-0.1, -0.05) is 30.3 Å². The number of methoxy groups -OCH3 is 1. The number of aliphatic hydroxyl groups is 1. The van der Waals surface area contributed by atoms with E-state index < -0.39 is 22.5 Å². The molecule has 0 aromatic heterocycles. The van der Waals surface area contributed by atoms with Crippen molar-refractivity contribution < 1.29 is 24.4 Å². The molecule has 10 nitrogen and oxygen atoms in total. The molecule has 0 aliphatic carbocycles. The summed E-state index contributed by atoms with van der Waals surface area (Å²) in [7, 11) is 1.17. The fourth-order valence-electron chi connectivity index (χ4n) is 2.86. The molecule has 3 N–H and O–H groups in total. The third-order valence-electron chi connectivity index (χ3n) is 4.28. The van der Waals surface area contributed by atoms with E-state index in [1.54, 1.807) is 30.3 Å². The van der Waals surface area contributed by atoms with Crippen LogP contribution in [0.25, 0.3) is 0 Å². The molecule has 0 bridgehead atoms. The number of non-ortho nitro benzene ring substituents is 1. The Balaban J connectivity index is 2.03. The fourth-order valence-corrected chi connectivity index (χ4v) is 2.86. The maximum atomic E-state index is 12.5. The Labute approximate surface area is 159 Å². The second-order valence-electron chi connectivity index (χ2n) is 6.01. The van der Waals surface area contributed by atoms with Gasteiger partial charge < -0.3 is 15.2 Å². The SMILES string of the molecule is COC(=O)N/N=C(/CC1(O)C(=O)Nc2ccc([N+](=O)[O-])cc21)c1ccccc1. The molecule has 10 heteroatoms. The van der Waals surface area contributed by atoms with E-state index in [4.69, 9.17) is 0 Å². The van der Waals surface area contributed by atoms with Crippen molar-refractivity contribution in [3.05, 3.63) is 69.8 Å². The number of nitrogens with one attached hydrogen (secondary N) is 2. The molecule has 0 saturated carbocycles. The highest BCUT2D eigenvalue weighted by Crippen LogP contribution is 2.41. The van der Waals surface area contributed by atoms with Crippen molar-refractivity contribution in [3.8, 4) is 0 Å². The van der Waals surface area contributed by atoms with Gasteiger partial charge in [0.15, 0.2) is 5.60 Å². The lowest BCUT2D eigenvalue weighted by Crippen LogP contribution is -2.37. The van der Waals surface area contributed by atoms with E-state index in [1.165, 1.54) is 19.2 Å². The molecule has 3 rings (SSSR count). The van der Waals surface area contributed by atoms with E-state index in [9.17, 15) is 24.8 Å². The number of carbonyl (C=O) groups excluding carboxylic acids is 2. The first-order valence-electron chi connectivity index (χ1n) is 8.14. The Hall–Kier alpha value is -3.79. The summed E-state index contributed by atoms with van der Waals surface area (Å²) in [5.74, 6) is -0.746. The number of ether oxygens (including phenoxy) is 1. The minimum Gasteiger partial charge on any atom is -0.452 e. The van der Waals surface area contributed by atoms with Crippen LogP contribution in [0.5, 0.6) is 0 Å². The monoisotopic (exact) mass is 384 g/mol. The van der Waals surface area contributed by atoms with Crippen LogP contribution in [0, 0.1) is 10.1 Å². The quantitative estimate of drug-likeness (QED) is 0.408. The second-order valence-corrected chi connectivity index (χ2v) is 6.01. The van der Waals surface area contributed by atoms with Gasteiger partial charge in [-0.05, 0) is 11.6 Å². The summed E-state index contributed by atoms with van der Waals surface area (Å²) in [6, 6.07) is 12.3. The molecular weight excluding hydrogens is 368 g/mol. The van der Waals surface area contributed by atoms with Crippen molar-refractivity contribution in [1.29, 1.82) is 0 Å². The molecule has 28 heavy (non-hydrogen) atoms. The van der Waals surface area contributed by atoms with Gasteiger partial charge >= 0.3 is 6.09 Å². The van der Waals surface area contributed by atoms with Crippen LogP contribution in [0.15, 0.2) is 53.6 Å². The van der Waals surface area contributed by atoms with Gasteiger partial charge in [-0.2, -0.15) is 5.10 Å². The number of benzene rings is 2. The molecule has 0 saturated heterocycles. The molecule has 1 aliphatic rings. The zero-order valence-corrected chi connectivity index (χ0v) is 14.7. The molecule has 0 fully saturated rings. The largest absolute Gasteiger partial charge is 0.452 e. The molecule has 0 radical (unpaired) electrons. The van der Waals surface area contributed by atoms with E-state index in [0.29, 0.717) is 5.56 Å². The molecule has 2 aromatic rings. The van der Waals surface area contributed by atoms with Crippen molar-refractivity contribution in [3.63, 3.8) is 0 Å². The first kappa shape index (κ1) is 19.0. The van der Waals surface area contributed by atoms with E-state index in [0.717, 1.165) is 6.07 Å². The molecule has 144 valence electrons. The average molecular weight is 384 g/mol. The number of nitrogens with zero attached hydrogens (tertiary/aromatic N) is 2. The summed E-state index contributed by atoms with van der Waals surface area (Å²) in [4.78, 5) is 34.4. The van der Waals surface area contributed by atoms with E-state index in [-0.39, 0.29) is 29.1 Å². The van der Waals surface area contributed by atoms with Crippen molar-refractivity contribution in [2.75, 3.05) is 12.4 Å². The summed E-state index contributed by atoms with van der Waals surface area (Å²) in [5.41, 5.74) is 0.856. The lowest BCUT2D eigenvalue weighted by molar-refractivity contribution is -0.385. The minimum atomic E-state index is -2.10. The zero-order chi connectivity index (χ0) is 20.3. The highest BCUT2D eigenvalue weighted by Gasteiger charge is 2.47. The normalized spacial score (nSPS) is 18.2. The standard InChI is InChI=1S/C18H16N4O6/c1-28-17(24)21-20-15(11-5-3-2-4-6-11)10-18(25)13-9-12(22(26)27)7-8-14(13)19-16(18)23/h2-9,25H,10H2,1H3,(H,19,23)(H,21,24)/b20-15-. The lowest BCUT2D eigenvalue weighted by atomic mass is 9.87. The molecule has 0 spiro atoms. The number of nitro benzene ring substituents is 1. The molecule has 2 aromatic carbocycles. The summed E-state index contributed by atoms with van der Waals surface area (Å²) < 4.78 is 4.48. The minimum absolute atomic E-state index is 0.0633. The fraction of sp³-hybridized carbons (Fsp3) is 0.167. The van der Waals surface area contributed by atoms with Gasteiger partial charge in [0.1, 0.15) is 0 Å². The first-order valence-corrected chi connectivity index (χ1v) is 8.14. The third-order valence-corrected chi connectivity index (χ3v) is 4.28. The molecule has 1 aliphatic heterocycles. The van der Waals surface area contributed by atoms with Crippen molar-refractivity contribution in [2.45, 2.75) is 12.0 Å². The van der Waals surface area contributed by atoms with Gasteiger partial charge in [-0.3, -0.25) is 14.9 Å². The number of hydrogen-bond donors (Lipinski definition) is 3. The van der Waals surface area contributed by atoms with Crippen LogP contribution in [0.2, 0.25) is 0 Å². The van der Waals surface area contributed by atoms with Crippen LogP contribution in [-0.2, 0) is 15.1 Å². The van der Waals surface area contributed by atoms with E-state index in [1.807, 2.05) is 0 Å². The number of carbonyl (C=O) groups is 2. The van der Waals surface area contributed by atoms with Crippen molar-refractivity contribution in [2.24, 2.45) is 5.10 Å². The number of amides is 2. The van der Waals surface area contributed by atoms with Crippen molar-refractivity contribution in [1.82, 2.24) is 5.43 Å². The Kier molecular flexibility index (Phi) is 5.05. The van der Waals surface area contributed by atoms with Gasteiger partial charge in [0.25, 0.3) is 11.6 Å². The third kappa shape index (κ3) is 3.53. The number of nitro groups is 1.